The van der Waals surface area contributed by atoms with Crippen LogP contribution in [0.1, 0.15) is 74.7 Å². The van der Waals surface area contributed by atoms with Crippen LogP contribution in [0.15, 0.2) is 170 Å². The summed E-state index contributed by atoms with van der Waals surface area (Å²) in [6.07, 6.45) is 3.68. The topological polar surface area (TPSA) is 36.9 Å². The molecule has 0 saturated carbocycles. The summed E-state index contributed by atoms with van der Waals surface area (Å²) in [7, 11) is 0. The standard InChI is InChI=1S/C57H46N4O.Pt/c1-38-26-31-50(59-37-60(53-25-14-13-24-52(53)59)56-45(39-16-7-5-8-17-39)21-15-22-46(56)40-18-9-6-10-19-40)49-35-42(27-29-44(38)49)62-43-28-30-48-47-20-11-12-23-51(47)61(54(48)36-43)55-34-41(32-33-58-55)57(2,3)4;/h5-25,27-30,32-34,38,50H,26,31H2,1-4H3;/q-2;/i11D,12D,20D,23D;. The summed E-state index contributed by atoms with van der Waals surface area (Å²) in [5.41, 5.74) is 12.0. The molecule has 0 radical (unpaired) electrons. The molecule has 2 unspecified atom stereocenters. The van der Waals surface area contributed by atoms with Gasteiger partial charge >= 0.3 is 302 Å². The molecule has 0 aliphatic heterocycles. The Bertz CT molecular complexity index is 3590. The van der Waals surface area contributed by atoms with Crippen LogP contribution in [0.3, 0.4) is 0 Å². The van der Waals surface area contributed by atoms with Crippen molar-refractivity contribution >= 4 is 32.8 Å². The molecule has 3 aromatic heterocycles. The van der Waals surface area contributed by atoms with Gasteiger partial charge < -0.3 is 0 Å². The van der Waals surface area contributed by atoms with Gasteiger partial charge in [0.05, 0.1) is 5.48 Å². The Morgan fingerprint density at radius 3 is 2.08 bits per heavy atom. The zero-order valence-electron chi connectivity index (χ0n) is 39.4. The fourth-order valence-electron chi connectivity index (χ4n) is 9.40. The molecule has 3 heterocycles. The molecule has 0 N–H and O–H groups in total. The first-order chi connectivity index (χ1) is 32.4. The van der Waals surface area contributed by atoms with Crippen molar-refractivity contribution in [2.75, 3.05) is 0 Å². The van der Waals surface area contributed by atoms with Gasteiger partial charge in [0, 0.05) is 6.20 Å². The van der Waals surface area contributed by atoms with Crippen molar-refractivity contribution in [3.05, 3.63) is 203 Å². The van der Waals surface area contributed by atoms with Crippen molar-refractivity contribution in [1.82, 2.24) is 18.7 Å². The molecule has 0 spiro atoms. The molecule has 0 bridgehead atoms. The number of imidazole rings is 1. The number of benzene rings is 7. The van der Waals surface area contributed by atoms with Crippen molar-refractivity contribution in [2.24, 2.45) is 0 Å². The minimum Gasteiger partial charge on any atom is -0.239 e. The number of rotatable bonds is 7. The van der Waals surface area contributed by atoms with E-state index in [1.807, 2.05) is 30.3 Å². The summed E-state index contributed by atoms with van der Waals surface area (Å²) >= 11 is 2.53. The van der Waals surface area contributed by atoms with Gasteiger partial charge in [-0.15, -0.1) is 0 Å². The number of hydrogen-bond donors (Lipinski definition) is 0. The third kappa shape index (κ3) is 6.82. The minimum absolute atomic E-state index is 0.0447. The Morgan fingerprint density at radius 2 is 1.35 bits per heavy atom. The van der Waals surface area contributed by atoms with Crippen molar-refractivity contribution in [1.29, 1.82) is 0 Å². The maximum atomic E-state index is 9.07. The van der Waals surface area contributed by atoms with E-state index < -0.39 is 0 Å². The number of para-hydroxylation sites is 4. The number of aromatic nitrogens is 4. The van der Waals surface area contributed by atoms with E-state index >= 15 is 0 Å². The number of pyridine rings is 1. The first-order valence-electron chi connectivity index (χ1n) is 23.5. The van der Waals surface area contributed by atoms with Crippen molar-refractivity contribution in [3.63, 3.8) is 0 Å². The zero-order valence-corrected chi connectivity index (χ0v) is 37.7. The summed E-state index contributed by atoms with van der Waals surface area (Å²) in [5.74, 6) is 1.84. The van der Waals surface area contributed by atoms with E-state index in [1.165, 1.54) is 5.56 Å². The second-order valence-electron chi connectivity index (χ2n) is 17.5. The van der Waals surface area contributed by atoms with Crippen LogP contribution in [0.2, 0.25) is 0 Å². The Morgan fingerprint density at radius 1 is 0.683 bits per heavy atom. The average Bonchev–Trinajstić information content (AvgIpc) is 3.84. The summed E-state index contributed by atoms with van der Waals surface area (Å²) in [6, 6.07) is 54.8. The number of fused-ring (bicyclic) bond motifs is 5. The minimum atomic E-state index is -0.301. The Kier molecular flexibility index (Phi) is 8.69. The van der Waals surface area contributed by atoms with Gasteiger partial charge in [-0.3, -0.25) is 0 Å². The molecule has 11 rings (SSSR count). The van der Waals surface area contributed by atoms with E-state index in [0.29, 0.717) is 45.0 Å². The molecule has 2 atom stereocenters. The van der Waals surface area contributed by atoms with E-state index in [-0.39, 0.29) is 35.6 Å². The zero-order chi connectivity index (χ0) is 46.3. The predicted molar refractivity (Wildman–Crippen MR) is 253 cm³/mol. The monoisotopic (exact) mass is 1000 g/mol. The summed E-state index contributed by atoms with van der Waals surface area (Å²) in [5, 5.41) is 1.05. The van der Waals surface area contributed by atoms with Gasteiger partial charge in [0.15, 0.2) is 0 Å². The summed E-state index contributed by atoms with van der Waals surface area (Å²) in [6.45, 7) is 8.69. The first-order valence-corrected chi connectivity index (χ1v) is 22.6. The predicted octanol–water partition coefficient (Wildman–Crippen LogP) is 14.5. The smallest absolute Gasteiger partial charge is 0.239 e. The molecule has 312 valence electrons. The third-order valence-corrected chi connectivity index (χ3v) is 13.6. The van der Waals surface area contributed by atoms with Crippen LogP contribution in [0.4, 0.5) is 0 Å². The molecule has 63 heavy (non-hydrogen) atoms. The Hall–Kier alpha value is -6.55. The molecule has 1 aliphatic carbocycles. The van der Waals surface area contributed by atoms with E-state index in [9.17, 15) is 0 Å². The van der Waals surface area contributed by atoms with Crippen LogP contribution < -0.4 is 4.74 Å². The second-order valence-corrected chi connectivity index (χ2v) is 18.5. The molecule has 5 nitrogen and oxygen atoms in total. The van der Waals surface area contributed by atoms with Crippen LogP contribution in [0, 0.1) is 15.9 Å². The van der Waals surface area contributed by atoms with Gasteiger partial charge in [-0.2, -0.15) is 0 Å². The Labute approximate surface area is 384 Å². The van der Waals surface area contributed by atoms with Gasteiger partial charge in [-0.1, -0.05) is 38.9 Å². The molecule has 0 fully saturated rings. The van der Waals surface area contributed by atoms with Crippen molar-refractivity contribution in [3.8, 4) is 45.3 Å². The second kappa shape index (κ2) is 15.7. The normalized spacial score (nSPS) is 16.2. The fraction of sp³-hybridized carbons (Fsp3) is 0.158. The molecule has 6 heteroatoms. The first kappa shape index (κ1) is 35.0. The molecule has 10 aromatic rings. The fourth-order valence-corrected chi connectivity index (χ4v) is 10.6. The van der Waals surface area contributed by atoms with Gasteiger partial charge in [-0.25, -0.2) is 4.98 Å². The van der Waals surface area contributed by atoms with E-state index in [0.717, 1.165) is 66.7 Å². The van der Waals surface area contributed by atoms with Crippen LogP contribution in [-0.4, -0.2) is 18.7 Å². The number of hydrogen-bond acceptors (Lipinski definition) is 2. The van der Waals surface area contributed by atoms with E-state index in [1.54, 1.807) is 10.8 Å². The van der Waals surface area contributed by atoms with Crippen LogP contribution in [0.25, 0.3) is 66.6 Å². The van der Waals surface area contributed by atoms with E-state index in [2.05, 4.69) is 178 Å². The average molecular weight is 1000 g/mol. The number of ether oxygens (including phenoxy) is 1. The van der Waals surface area contributed by atoms with Gasteiger partial charge in [0.1, 0.15) is 0 Å². The van der Waals surface area contributed by atoms with Gasteiger partial charge in [0.2, 0.25) is 0 Å². The van der Waals surface area contributed by atoms with Crippen molar-refractivity contribution < 1.29 is 29.6 Å². The SMILES string of the molecule is [2H]c1c([2H])c([2H])c2c(c1[2H])c1ccc(Oc3[c-]c4c(cc3)C(C)CCC4n3[c](=[Pt])n(-c4c(-c5ccccc5)cccc4-c4ccccc4)c4ccccc43)[c-]c1n2-c1cc(C(C)(C)C)ccn1. The van der Waals surface area contributed by atoms with E-state index in [4.69, 9.17) is 15.2 Å². The van der Waals surface area contributed by atoms with Crippen LogP contribution >= 0.6 is 0 Å². The van der Waals surface area contributed by atoms with Crippen LogP contribution in [-0.2, 0) is 24.8 Å². The maximum absolute atomic E-state index is 9.07. The molecule has 0 amide bonds. The summed E-state index contributed by atoms with van der Waals surface area (Å²) in [4.78, 5) is 4.75. The van der Waals surface area contributed by atoms with Gasteiger partial charge in [0.25, 0.3) is 0 Å². The van der Waals surface area contributed by atoms with Crippen molar-refractivity contribution in [2.45, 2.75) is 57.9 Å². The quantitative estimate of drug-likeness (QED) is 0.149. The molecule has 1 aliphatic rings. The molecule has 7 aromatic carbocycles. The molecule has 0 saturated heterocycles. The summed E-state index contributed by atoms with van der Waals surface area (Å²) < 4.78 is 49.8. The molecular weight excluding hydrogens is 952 g/mol. The molecular formula is C57H46N4OPt-2. The Balaban J connectivity index is 1.07. The van der Waals surface area contributed by atoms with Crippen LogP contribution in [0.5, 0.6) is 11.5 Å². The third-order valence-electron chi connectivity index (χ3n) is 12.5. The number of nitrogens with zero attached hydrogens (tertiary/aromatic N) is 4. The van der Waals surface area contributed by atoms with Gasteiger partial charge in [-0.05, 0) is 29.2 Å².